The van der Waals surface area contributed by atoms with Crippen LogP contribution in [0.5, 0.6) is 0 Å². The third-order valence-electron chi connectivity index (χ3n) is 2.89. The molecular weight excluding hydrogens is 287 g/mol. The molecule has 1 atom stereocenters. The summed E-state index contributed by atoms with van der Waals surface area (Å²) in [7, 11) is 0. The van der Waals surface area contributed by atoms with Gasteiger partial charge in [0.2, 0.25) is 5.91 Å². The van der Waals surface area contributed by atoms with E-state index in [0.717, 1.165) is 19.6 Å². The minimum absolute atomic E-state index is 0.120. The molecule has 7 heteroatoms. The van der Waals surface area contributed by atoms with Crippen LogP contribution in [-0.4, -0.2) is 48.0 Å². The molecule has 0 saturated carbocycles. The molecule has 0 spiro atoms. The summed E-state index contributed by atoms with van der Waals surface area (Å²) < 4.78 is 0. The molecule has 1 aliphatic rings. The number of piperazine rings is 1. The summed E-state index contributed by atoms with van der Waals surface area (Å²) in [6.45, 7) is 5.05. The molecule has 1 fully saturated rings. The van der Waals surface area contributed by atoms with Crippen molar-refractivity contribution >= 4 is 34.9 Å². The van der Waals surface area contributed by atoms with Gasteiger partial charge in [0.25, 0.3) is 0 Å². The Balaban J connectivity index is 1.90. The van der Waals surface area contributed by atoms with E-state index >= 15 is 0 Å². The largest absolute Gasteiger partial charge is 0.312 e. The van der Waals surface area contributed by atoms with Crippen LogP contribution in [0, 0.1) is 0 Å². The molecule has 2 rings (SSSR count). The Labute approximate surface area is 122 Å². The SMILES string of the molecule is C[C@@H]1CN(CC(=O)Nc2ncc(Cl)cc2Cl)CCN1. The van der Waals surface area contributed by atoms with Gasteiger partial charge in [-0.3, -0.25) is 9.69 Å². The number of pyridine rings is 1. The summed E-state index contributed by atoms with van der Waals surface area (Å²) in [4.78, 5) is 18.0. The molecule has 1 aromatic rings. The molecule has 0 radical (unpaired) electrons. The minimum Gasteiger partial charge on any atom is -0.312 e. The van der Waals surface area contributed by atoms with Crippen LogP contribution in [0.3, 0.4) is 0 Å². The number of rotatable bonds is 3. The molecule has 0 bridgehead atoms. The van der Waals surface area contributed by atoms with Crippen LogP contribution in [0.2, 0.25) is 10.0 Å². The topological polar surface area (TPSA) is 57.3 Å². The first kappa shape index (κ1) is 14.5. The van der Waals surface area contributed by atoms with E-state index in [1.807, 2.05) is 0 Å². The molecule has 1 saturated heterocycles. The zero-order valence-corrected chi connectivity index (χ0v) is 12.1. The van der Waals surface area contributed by atoms with Crippen LogP contribution in [0.1, 0.15) is 6.92 Å². The first-order chi connectivity index (χ1) is 9.04. The Bertz CT molecular complexity index is 469. The lowest BCUT2D eigenvalue weighted by Gasteiger charge is -2.31. The maximum atomic E-state index is 11.9. The molecule has 1 aliphatic heterocycles. The van der Waals surface area contributed by atoms with Gasteiger partial charge >= 0.3 is 0 Å². The monoisotopic (exact) mass is 302 g/mol. The van der Waals surface area contributed by atoms with Crippen LogP contribution in [0.15, 0.2) is 12.3 Å². The van der Waals surface area contributed by atoms with Gasteiger partial charge in [-0.15, -0.1) is 0 Å². The van der Waals surface area contributed by atoms with Gasteiger partial charge in [0.1, 0.15) is 0 Å². The van der Waals surface area contributed by atoms with E-state index < -0.39 is 0 Å². The zero-order chi connectivity index (χ0) is 13.8. The molecule has 19 heavy (non-hydrogen) atoms. The second-order valence-electron chi connectivity index (χ2n) is 4.62. The fourth-order valence-corrected chi connectivity index (χ4v) is 2.46. The summed E-state index contributed by atoms with van der Waals surface area (Å²) in [5, 5.41) is 6.81. The lowest BCUT2D eigenvalue weighted by Crippen LogP contribution is -2.51. The zero-order valence-electron chi connectivity index (χ0n) is 10.6. The number of nitrogens with one attached hydrogen (secondary N) is 2. The lowest BCUT2D eigenvalue weighted by molar-refractivity contribution is -0.117. The van der Waals surface area contributed by atoms with E-state index in [1.165, 1.54) is 6.20 Å². The van der Waals surface area contributed by atoms with Crippen molar-refractivity contribution in [3.05, 3.63) is 22.3 Å². The van der Waals surface area contributed by atoms with Gasteiger partial charge in [-0.25, -0.2) is 4.98 Å². The van der Waals surface area contributed by atoms with Crippen molar-refractivity contribution < 1.29 is 4.79 Å². The number of carbonyl (C=O) groups is 1. The molecule has 1 aromatic heterocycles. The standard InChI is InChI=1S/C12H16Cl2N4O/c1-8-6-18(3-2-15-8)7-11(19)17-12-10(14)4-9(13)5-16-12/h4-5,8,15H,2-3,6-7H2,1H3,(H,16,17,19)/t8-/m1/s1. The quantitative estimate of drug-likeness (QED) is 0.891. The lowest BCUT2D eigenvalue weighted by atomic mass is 10.2. The third kappa shape index (κ3) is 4.31. The van der Waals surface area contributed by atoms with Gasteiger partial charge in [-0.2, -0.15) is 0 Å². The normalized spacial score (nSPS) is 20.3. The van der Waals surface area contributed by atoms with Crippen molar-refractivity contribution in [1.82, 2.24) is 15.2 Å². The van der Waals surface area contributed by atoms with Crippen molar-refractivity contribution in [3.63, 3.8) is 0 Å². The van der Waals surface area contributed by atoms with Crippen molar-refractivity contribution in [3.8, 4) is 0 Å². The van der Waals surface area contributed by atoms with Crippen LogP contribution >= 0.6 is 23.2 Å². The Morgan fingerprint density at radius 1 is 1.63 bits per heavy atom. The molecule has 2 heterocycles. The number of hydrogen-bond donors (Lipinski definition) is 2. The highest BCUT2D eigenvalue weighted by molar-refractivity contribution is 6.36. The minimum atomic E-state index is -0.120. The van der Waals surface area contributed by atoms with Gasteiger partial charge < -0.3 is 10.6 Å². The van der Waals surface area contributed by atoms with Gasteiger partial charge in [0.15, 0.2) is 5.82 Å². The fraction of sp³-hybridized carbons (Fsp3) is 0.500. The maximum absolute atomic E-state index is 11.9. The molecule has 5 nitrogen and oxygen atoms in total. The highest BCUT2D eigenvalue weighted by Gasteiger charge is 2.18. The maximum Gasteiger partial charge on any atom is 0.239 e. The van der Waals surface area contributed by atoms with Gasteiger partial charge in [0.05, 0.1) is 16.6 Å². The van der Waals surface area contributed by atoms with Crippen molar-refractivity contribution in [2.24, 2.45) is 0 Å². The third-order valence-corrected chi connectivity index (χ3v) is 3.38. The van der Waals surface area contributed by atoms with E-state index in [4.69, 9.17) is 23.2 Å². The fourth-order valence-electron chi connectivity index (χ4n) is 2.04. The van der Waals surface area contributed by atoms with Crippen LogP contribution in [0.4, 0.5) is 5.82 Å². The summed E-state index contributed by atoms with van der Waals surface area (Å²) in [6, 6.07) is 1.96. The first-order valence-corrected chi connectivity index (χ1v) is 6.87. The van der Waals surface area contributed by atoms with Crippen molar-refractivity contribution in [2.75, 3.05) is 31.5 Å². The second-order valence-corrected chi connectivity index (χ2v) is 5.47. The van der Waals surface area contributed by atoms with Crippen LogP contribution < -0.4 is 10.6 Å². The second kappa shape index (κ2) is 6.52. The number of carbonyl (C=O) groups excluding carboxylic acids is 1. The molecule has 104 valence electrons. The van der Waals surface area contributed by atoms with E-state index in [-0.39, 0.29) is 5.91 Å². The Kier molecular flexibility index (Phi) is 4.99. The van der Waals surface area contributed by atoms with Crippen molar-refractivity contribution in [1.29, 1.82) is 0 Å². The van der Waals surface area contributed by atoms with Gasteiger partial charge in [-0.05, 0) is 13.0 Å². The number of nitrogens with zero attached hydrogens (tertiary/aromatic N) is 2. The van der Waals surface area contributed by atoms with Crippen molar-refractivity contribution in [2.45, 2.75) is 13.0 Å². The van der Waals surface area contributed by atoms with Crippen LogP contribution in [-0.2, 0) is 4.79 Å². The summed E-state index contributed by atoms with van der Waals surface area (Å²) in [5.74, 6) is 0.227. The van der Waals surface area contributed by atoms with E-state index in [0.29, 0.717) is 28.4 Å². The van der Waals surface area contributed by atoms with E-state index in [9.17, 15) is 4.79 Å². The predicted molar refractivity (Wildman–Crippen MR) is 76.8 cm³/mol. The number of anilines is 1. The first-order valence-electron chi connectivity index (χ1n) is 6.11. The molecule has 0 aliphatic carbocycles. The number of halogens is 2. The average Bonchev–Trinajstić information content (AvgIpc) is 2.33. The van der Waals surface area contributed by atoms with E-state index in [1.54, 1.807) is 6.07 Å². The Morgan fingerprint density at radius 3 is 3.11 bits per heavy atom. The molecule has 0 unspecified atom stereocenters. The predicted octanol–water partition coefficient (Wildman–Crippen LogP) is 1.62. The number of aromatic nitrogens is 1. The smallest absolute Gasteiger partial charge is 0.239 e. The van der Waals surface area contributed by atoms with Gasteiger partial charge in [-0.1, -0.05) is 23.2 Å². The highest BCUT2D eigenvalue weighted by atomic mass is 35.5. The number of amides is 1. The average molecular weight is 303 g/mol. The summed E-state index contributed by atoms with van der Waals surface area (Å²) in [6.07, 6.45) is 1.45. The Morgan fingerprint density at radius 2 is 2.42 bits per heavy atom. The molecule has 0 aromatic carbocycles. The molecular formula is C12H16Cl2N4O. The van der Waals surface area contributed by atoms with E-state index in [2.05, 4.69) is 27.4 Å². The van der Waals surface area contributed by atoms with Crippen LogP contribution in [0.25, 0.3) is 0 Å². The van der Waals surface area contributed by atoms with Gasteiger partial charge in [0, 0.05) is 31.9 Å². The summed E-state index contributed by atoms with van der Waals surface area (Å²) >= 11 is 11.7. The summed E-state index contributed by atoms with van der Waals surface area (Å²) in [5.41, 5.74) is 0. The molecule has 1 amide bonds. The highest BCUT2D eigenvalue weighted by Crippen LogP contribution is 2.22. The Hall–Kier alpha value is -0.880. The number of hydrogen-bond acceptors (Lipinski definition) is 4. The molecule has 2 N–H and O–H groups in total.